The van der Waals surface area contributed by atoms with Crippen LogP contribution in [0.3, 0.4) is 0 Å². The highest BCUT2D eigenvalue weighted by Crippen LogP contribution is 2.31. The molecule has 1 saturated heterocycles. The number of imide groups is 1. The minimum atomic E-state index is -0.711. The van der Waals surface area contributed by atoms with Crippen molar-refractivity contribution in [2.24, 2.45) is 10.9 Å². The lowest BCUT2D eigenvalue weighted by atomic mass is 9.94. The molecule has 140 valence electrons. The summed E-state index contributed by atoms with van der Waals surface area (Å²) >= 11 is 0. The van der Waals surface area contributed by atoms with Crippen LogP contribution in [0.25, 0.3) is 11.4 Å². The third-order valence-electron chi connectivity index (χ3n) is 4.65. The van der Waals surface area contributed by atoms with Gasteiger partial charge in [-0.25, -0.2) is 4.79 Å². The van der Waals surface area contributed by atoms with E-state index in [9.17, 15) is 9.59 Å². The first-order valence-corrected chi connectivity index (χ1v) is 8.61. The first-order valence-electron chi connectivity index (χ1n) is 8.61. The van der Waals surface area contributed by atoms with Crippen molar-refractivity contribution in [1.29, 1.82) is 0 Å². The van der Waals surface area contributed by atoms with Crippen molar-refractivity contribution in [1.82, 2.24) is 15.0 Å². The number of rotatable bonds is 3. The van der Waals surface area contributed by atoms with E-state index in [-0.39, 0.29) is 19.2 Å². The second-order valence-electron chi connectivity index (χ2n) is 6.55. The molecule has 9 nitrogen and oxygen atoms in total. The summed E-state index contributed by atoms with van der Waals surface area (Å²) in [4.78, 5) is 34.5. The Morgan fingerprint density at radius 1 is 1.14 bits per heavy atom. The van der Waals surface area contributed by atoms with Crippen molar-refractivity contribution in [3.63, 3.8) is 0 Å². The molecule has 1 unspecified atom stereocenters. The molecule has 5 rings (SSSR count). The Hall–Kier alpha value is -3.75. The van der Waals surface area contributed by atoms with Crippen LogP contribution >= 0.6 is 0 Å². The normalized spacial score (nSPS) is 20.5. The summed E-state index contributed by atoms with van der Waals surface area (Å²) in [6, 6.07) is 6.94. The van der Waals surface area contributed by atoms with Crippen LogP contribution in [0.15, 0.2) is 57.5 Å². The molecule has 0 bridgehead atoms. The topological polar surface area (TPSA) is 107 Å². The summed E-state index contributed by atoms with van der Waals surface area (Å²) in [5.41, 5.74) is 2.23. The number of allylic oxidation sites excluding steroid dienone is 1. The van der Waals surface area contributed by atoms with Gasteiger partial charge in [0.15, 0.2) is 11.5 Å². The fourth-order valence-electron chi connectivity index (χ4n) is 3.15. The molecular formula is C19H14N4O5. The van der Waals surface area contributed by atoms with Gasteiger partial charge in [-0.3, -0.25) is 9.69 Å². The number of ether oxygens (including phenoxy) is 2. The predicted octanol–water partition coefficient (Wildman–Crippen LogP) is 2.35. The fraction of sp³-hybridized carbons (Fsp3) is 0.211. The molecule has 9 heteroatoms. The number of aryl methyl sites for hydroxylation is 1. The highest BCUT2D eigenvalue weighted by atomic mass is 16.7. The molecule has 1 fully saturated rings. The van der Waals surface area contributed by atoms with Gasteiger partial charge in [0.2, 0.25) is 24.4 Å². The monoisotopic (exact) mass is 378 g/mol. The number of amides is 3. The van der Waals surface area contributed by atoms with Crippen LogP contribution in [-0.4, -0.2) is 39.5 Å². The number of hydrogen-bond acceptors (Lipinski definition) is 7. The molecular weight excluding hydrogens is 364 g/mol. The van der Waals surface area contributed by atoms with E-state index in [0.29, 0.717) is 23.1 Å². The van der Waals surface area contributed by atoms with Gasteiger partial charge in [0.1, 0.15) is 12.5 Å². The van der Waals surface area contributed by atoms with Crippen LogP contribution in [0.2, 0.25) is 0 Å². The molecule has 2 aromatic rings. The average molecular weight is 378 g/mol. The van der Waals surface area contributed by atoms with E-state index in [1.165, 1.54) is 0 Å². The second-order valence-corrected chi connectivity index (χ2v) is 6.55. The number of nitrogens with zero attached hydrogens (tertiary/aromatic N) is 4. The Morgan fingerprint density at radius 3 is 2.75 bits per heavy atom. The van der Waals surface area contributed by atoms with E-state index >= 15 is 0 Å². The summed E-state index contributed by atoms with van der Waals surface area (Å²) in [6.45, 7) is 1.91. The maximum absolute atomic E-state index is 12.8. The van der Waals surface area contributed by atoms with Gasteiger partial charge >= 0.3 is 6.03 Å². The summed E-state index contributed by atoms with van der Waals surface area (Å²) in [6.07, 6.45) is 3.16. The van der Waals surface area contributed by atoms with Crippen molar-refractivity contribution in [3.8, 4) is 11.4 Å². The molecule has 1 atom stereocenters. The maximum Gasteiger partial charge on any atom is 0.351 e. The zero-order valence-electron chi connectivity index (χ0n) is 14.8. The third-order valence-corrected chi connectivity index (χ3v) is 4.65. The summed E-state index contributed by atoms with van der Waals surface area (Å²) < 4.78 is 15.8. The number of carbonyl (C=O) groups is 2. The minimum Gasteiger partial charge on any atom is -0.454 e. The number of aliphatic imine (C=N–C) groups is 1. The molecule has 3 heterocycles. The van der Waals surface area contributed by atoms with Crippen LogP contribution in [0.5, 0.6) is 0 Å². The van der Waals surface area contributed by atoms with Gasteiger partial charge in [0.25, 0.3) is 0 Å². The molecule has 1 aromatic heterocycles. The fourth-order valence-corrected chi connectivity index (χ4v) is 3.15. The molecule has 3 amide bonds. The molecule has 0 radical (unpaired) electrons. The lowest BCUT2D eigenvalue weighted by Crippen LogP contribution is -2.46. The van der Waals surface area contributed by atoms with E-state index in [4.69, 9.17) is 14.0 Å². The second kappa shape index (κ2) is 6.15. The Labute approximate surface area is 158 Å². The SMILES string of the molecule is Cc1ccc(-c2noc(CN3C(=O)N=C4C=C5OCOC5=CC4C3=O)n2)cc1. The van der Waals surface area contributed by atoms with Crippen molar-refractivity contribution >= 4 is 17.6 Å². The standard InChI is InChI=1S/C19H14N4O5/c1-10-2-4-11(5-3-10)17-21-16(28-22-17)8-23-18(24)12-6-14-15(27-9-26-14)7-13(12)20-19(23)25/h2-7,12H,8-9H2,1H3. The van der Waals surface area contributed by atoms with Crippen LogP contribution < -0.4 is 0 Å². The van der Waals surface area contributed by atoms with Crippen molar-refractivity contribution in [3.05, 3.63) is 59.4 Å². The molecule has 1 aromatic carbocycles. The Bertz CT molecular complexity index is 1080. The number of fused-ring (bicyclic) bond motifs is 2. The summed E-state index contributed by atoms with van der Waals surface area (Å²) in [5.74, 6) is 0.354. The molecule has 1 aliphatic carbocycles. The van der Waals surface area contributed by atoms with Crippen LogP contribution in [0, 0.1) is 12.8 Å². The van der Waals surface area contributed by atoms with E-state index in [0.717, 1.165) is 16.0 Å². The molecule has 0 saturated carbocycles. The lowest BCUT2D eigenvalue weighted by molar-refractivity contribution is -0.130. The van der Waals surface area contributed by atoms with Gasteiger partial charge in [-0.1, -0.05) is 35.0 Å². The summed E-state index contributed by atoms with van der Waals surface area (Å²) in [7, 11) is 0. The average Bonchev–Trinajstić information content (AvgIpc) is 3.33. The predicted molar refractivity (Wildman–Crippen MR) is 94.5 cm³/mol. The highest BCUT2D eigenvalue weighted by molar-refractivity contribution is 6.22. The number of urea groups is 1. The number of aromatic nitrogens is 2. The van der Waals surface area contributed by atoms with Gasteiger partial charge < -0.3 is 14.0 Å². The number of hydrogen-bond donors (Lipinski definition) is 0. The van der Waals surface area contributed by atoms with Gasteiger partial charge in [-0.05, 0) is 13.0 Å². The molecule has 2 aliphatic heterocycles. The Balaban J connectivity index is 1.39. The third kappa shape index (κ3) is 2.68. The molecule has 3 aliphatic rings. The van der Waals surface area contributed by atoms with Crippen molar-refractivity contribution < 1.29 is 23.6 Å². The lowest BCUT2D eigenvalue weighted by Gasteiger charge is -2.27. The first-order chi connectivity index (χ1) is 13.6. The van der Waals surface area contributed by atoms with Gasteiger partial charge in [-0.2, -0.15) is 9.98 Å². The van der Waals surface area contributed by atoms with Crippen molar-refractivity contribution in [2.45, 2.75) is 13.5 Å². The Morgan fingerprint density at radius 2 is 1.93 bits per heavy atom. The Kier molecular flexibility index (Phi) is 3.61. The van der Waals surface area contributed by atoms with E-state index < -0.39 is 17.9 Å². The zero-order valence-corrected chi connectivity index (χ0v) is 14.8. The van der Waals surface area contributed by atoms with Crippen LogP contribution in [0.4, 0.5) is 4.79 Å². The van der Waals surface area contributed by atoms with Crippen LogP contribution in [0.1, 0.15) is 11.5 Å². The molecule has 0 spiro atoms. The maximum atomic E-state index is 12.8. The van der Waals surface area contributed by atoms with Gasteiger partial charge in [-0.15, -0.1) is 0 Å². The van der Waals surface area contributed by atoms with E-state index in [2.05, 4.69) is 15.1 Å². The number of carbonyl (C=O) groups excluding carboxylic acids is 2. The molecule has 28 heavy (non-hydrogen) atoms. The highest BCUT2D eigenvalue weighted by Gasteiger charge is 2.40. The zero-order chi connectivity index (χ0) is 19.3. The smallest absolute Gasteiger partial charge is 0.351 e. The van der Waals surface area contributed by atoms with E-state index in [1.54, 1.807) is 12.2 Å². The largest absolute Gasteiger partial charge is 0.454 e. The number of benzene rings is 1. The minimum absolute atomic E-state index is 0.0767. The first kappa shape index (κ1) is 16.4. The van der Waals surface area contributed by atoms with Crippen molar-refractivity contribution in [2.75, 3.05) is 6.79 Å². The van der Waals surface area contributed by atoms with Gasteiger partial charge in [0, 0.05) is 11.6 Å². The van der Waals surface area contributed by atoms with E-state index in [1.807, 2.05) is 31.2 Å². The van der Waals surface area contributed by atoms with Crippen LogP contribution in [-0.2, 0) is 20.8 Å². The van der Waals surface area contributed by atoms with Gasteiger partial charge in [0.05, 0.1) is 5.71 Å². The molecule has 0 N–H and O–H groups in total. The quantitative estimate of drug-likeness (QED) is 0.807. The summed E-state index contributed by atoms with van der Waals surface area (Å²) in [5, 5.41) is 3.93.